The summed E-state index contributed by atoms with van der Waals surface area (Å²) in [4.78, 5) is 41.7. The molecule has 3 aliphatic rings. The van der Waals surface area contributed by atoms with Gasteiger partial charge in [0.15, 0.2) is 0 Å². The van der Waals surface area contributed by atoms with E-state index in [9.17, 15) is 14.0 Å². The molecule has 1 saturated carbocycles. The Balaban J connectivity index is 1.06. The number of likely N-dealkylation sites (tertiary alicyclic amines) is 1. The molecule has 0 unspecified atom stereocenters. The molecule has 8 nitrogen and oxygen atoms in total. The van der Waals surface area contributed by atoms with Crippen molar-refractivity contribution in [3.05, 3.63) is 52.9 Å². The van der Waals surface area contributed by atoms with E-state index in [2.05, 4.69) is 31.2 Å². The number of urea groups is 1. The third-order valence-corrected chi connectivity index (χ3v) is 8.95. The summed E-state index contributed by atoms with van der Waals surface area (Å²) in [6, 6.07) is 8.25. The maximum Gasteiger partial charge on any atom is 0.317 e. The number of piperazine rings is 1. The van der Waals surface area contributed by atoms with E-state index in [4.69, 9.17) is 0 Å². The van der Waals surface area contributed by atoms with Crippen molar-refractivity contribution in [1.29, 1.82) is 0 Å². The Hall–Kier alpha value is -3.27. The number of hydrogen-bond acceptors (Lipinski definition) is 6. The van der Waals surface area contributed by atoms with E-state index in [1.807, 2.05) is 4.90 Å². The first-order chi connectivity index (χ1) is 18.0. The number of anilines is 1. The van der Waals surface area contributed by atoms with Crippen molar-refractivity contribution in [2.24, 2.45) is 5.92 Å². The molecular weight excluding hydrogens is 491 g/mol. The van der Waals surface area contributed by atoms with Crippen molar-refractivity contribution < 1.29 is 14.0 Å². The summed E-state index contributed by atoms with van der Waals surface area (Å²) in [5, 5.41) is 2.93. The van der Waals surface area contributed by atoms with Crippen LogP contribution in [0.3, 0.4) is 0 Å². The van der Waals surface area contributed by atoms with Gasteiger partial charge in [0.1, 0.15) is 18.0 Å². The van der Waals surface area contributed by atoms with Crippen LogP contribution in [0, 0.1) is 11.7 Å². The van der Waals surface area contributed by atoms with Gasteiger partial charge in [-0.3, -0.25) is 4.79 Å². The second-order valence-electron chi connectivity index (χ2n) is 10.2. The summed E-state index contributed by atoms with van der Waals surface area (Å²) >= 11 is 1.78. The normalized spacial score (nSPS) is 18.9. The smallest absolute Gasteiger partial charge is 0.317 e. The van der Waals surface area contributed by atoms with Gasteiger partial charge in [0.05, 0.1) is 10.2 Å². The lowest BCUT2D eigenvalue weighted by Gasteiger charge is -2.35. The first-order valence-electron chi connectivity index (χ1n) is 13.1. The Morgan fingerprint density at radius 2 is 1.68 bits per heavy atom. The van der Waals surface area contributed by atoms with E-state index >= 15 is 0 Å². The van der Waals surface area contributed by atoms with Crippen molar-refractivity contribution in [2.45, 2.75) is 38.1 Å². The van der Waals surface area contributed by atoms with Crippen LogP contribution < -0.4 is 10.2 Å². The molecule has 10 heteroatoms. The highest BCUT2D eigenvalue weighted by atomic mass is 32.1. The third kappa shape index (κ3) is 5.25. The van der Waals surface area contributed by atoms with Crippen molar-refractivity contribution in [2.75, 3.05) is 44.2 Å². The summed E-state index contributed by atoms with van der Waals surface area (Å²) in [5.41, 5.74) is 1.84. The number of nitrogens with one attached hydrogen (secondary N) is 1. The van der Waals surface area contributed by atoms with Crippen LogP contribution in [-0.4, -0.2) is 71.0 Å². The maximum absolute atomic E-state index is 13.1. The molecule has 2 saturated heterocycles. The van der Waals surface area contributed by atoms with Crippen LogP contribution in [0.15, 0.2) is 36.7 Å². The molecule has 37 heavy (non-hydrogen) atoms. The Morgan fingerprint density at radius 1 is 0.946 bits per heavy atom. The molecule has 3 aromatic rings. The predicted octanol–water partition coefficient (Wildman–Crippen LogP) is 3.98. The fourth-order valence-electron chi connectivity index (χ4n) is 5.27. The molecule has 1 aliphatic carbocycles. The van der Waals surface area contributed by atoms with Crippen molar-refractivity contribution in [3.63, 3.8) is 0 Å². The lowest BCUT2D eigenvalue weighted by Crippen LogP contribution is -2.51. The van der Waals surface area contributed by atoms with Gasteiger partial charge in [0, 0.05) is 56.6 Å². The minimum absolute atomic E-state index is 0.110. The third-order valence-electron chi connectivity index (χ3n) is 7.67. The zero-order chi connectivity index (χ0) is 25.4. The van der Waals surface area contributed by atoms with E-state index in [0.717, 1.165) is 60.4 Å². The minimum atomic E-state index is -0.284. The summed E-state index contributed by atoms with van der Waals surface area (Å²) in [6.07, 6.45) is 5.75. The molecule has 4 heterocycles. The van der Waals surface area contributed by atoms with Crippen LogP contribution >= 0.6 is 11.3 Å². The number of carbonyl (C=O) groups is 2. The zero-order valence-electron chi connectivity index (χ0n) is 20.7. The highest BCUT2D eigenvalue weighted by molar-refractivity contribution is 7.19. The van der Waals surface area contributed by atoms with E-state index in [1.54, 1.807) is 29.8 Å². The van der Waals surface area contributed by atoms with Crippen LogP contribution in [0.1, 0.15) is 42.0 Å². The zero-order valence-corrected chi connectivity index (χ0v) is 21.6. The number of carbonyl (C=O) groups excluding carboxylic acids is 2. The maximum atomic E-state index is 13.1. The van der Waals surface area contributed by atoms with Crippen LogP contribution in [0.2, 0.25) is 0 Å². The van der Waals surface area contributed by atoms with Gasteiger partial charge in [0.25, 0.3) is 0 Å². The summed E-state index contributed by atoms with van der Waals surface area (Å²) in [6.45, 7) is 4.67. The summed E-state index contributed by atoms with van der Waals surface area (Å²) in [5.74, 6) is 1.76. The topological polar surface area (TPSA) is 81.7 Å². The molecule has 0 atom stereocenters. The Morgan fingerprint density at radius 3 is 2.38 bits per heavy atom. The highest BCUT2D eigenvalue weighted by Crippen LogP contribution is 2.40. The van der Waals surface area contributed by atoms with Gasteiger partial charge < -0.3 is 20.0 Å². The lowest BCUT2D eigenvalue weighted by molar-refractivity contribution is -0.133. The number of nitrogens with zero attached hydrogens (tertiary/aromatic N) is 5. The van der Waals surface area contributed by atoms with E-state index in [-0.39, 0.29) is 11.8 Å². The number of aromatic nitrogens is 2. The number of halogens is 1. The number of thiophene rings is 1. The van der Waals surface area contributed by atoms with Gasteiger partial charge in [-0.1, -0.05) is 12.1 Å². The van der Waals surface area contributed by atoms with E-state index < -0.39 is 0 Å². The average Bonchev–Trinajstić information content (AvgIpc) is 3.70. The fraction of sp³-hybridized carbons (Fsp3) is 0.481. The molecule has 0 spiro atoms. The number of hydrogen-bond donors (Lipinski definition) is 1. The second-order valence-corrected chi connectivity index (χ2v) is 11.3. The van der Waals surface area contributed by atoms with Gasteiger partial charge >= 0.3 is 6.03 Å². The Labute approximate surface area is 219 Å². The van der Waals surface area contributed by atoms with Crippen molar-refractivity contribution in [3.8, 4) is 0 Å². The SMILES string of the molecule is O=C(NCc1ccc(F)cc1)N1CCN(c2ncnc3cc(C4CCN(C(=O)C5CC5)CC4)sc23)CC1. The van der Waals surface area contributed by atoms with Crippen LogP contribution in [0.4, 0.5) is 15.0 Å². The quantitative estimate of drug-likeness (QED) is 0.548. The highest BCUT2D eigenvalue weighted by Gasteiger charge is 2.35. The molecule has 6 rings (SSSR count). The molecule has 1 aromatic carbocycles. The number of benzene rings is 1. The second kappa shape index (κ2) is 10.2. The Bertz CT molecular complexity index is 1280. The first kappa shape index (κ1) is 24.1. The van der Waals surface area contributed by atoms with Gasteiger partial charge in [0.2, 0.25) is 5.91 Å². The fourth-order valence-corrected chi connectivity index (χ4v) is 6.57. The van der Waals surface area contributed by atoms with Gasteiger partial charge in [-0.25, -0.2) is 19.2 Å². The monoisotopic (exact) mass is 522 g/mol. The number of fused-ring (bicyclic) bond motifs is 1. The molecule has 3 amide bonds. The first-order valence-corrected chi connectivity index (χ1v) is 13.9. The molecule has 0 bridgehead atoms. The van der Waals surface area contributed by atoms with Gasteiger partial charge in [-0.15, -0.1) is 11.3 Å². The molecule has 194 valence electrons. The van der Waals surface area contributed by atoms with Gasteiger partial charge in [-0.2, -0.15) is 0 Å². The average molecular weight is 523 g/mol. The van der Waals surface area contributed by atoms with Crippen molar-refractivity contribution in [1.82, 2.24) is 25.1 Å². The van der Waals surface area contributed by atoms with Crippen LogP contribution in [0.25, 0.3) is 10.2 Å². The summed E-state index contributed by atoms with van der Waals surface area (Å²) < 4.78 is 14.2. The number of amides is 3. The minimum Gasteiger partial charge on any atom is -0.352 e. The Kier molecular flexibility index (Phi) is 6.67. The predicted molar refractivity (Wildman–Crippen MR) is 141 cm³/mol. The molecule has 2 aromatic heterocycles. The lowest BCUT2D eigenvalue weighted by atomic mass is 9.95. The van der Waals surface area contributed by atoms with Gasteiger partial charge in [-0.05, 0) is 55.4 Å². The molecule has 0 radical (unpaired) electrons. The summed E-state index contributed by atoms with van der Waals surface area (Å²) in [7, 11) is 0. The molecule has 1 N–H and O–H groups in total. The molecule has 2 aliphatic heterocycles. The van der Waals surface area contributed by atoms with E-state index in [0.29, 0.717) is 50.5 Å². The standard InChI is InChI=1S/C27H31FN6O2S/c28-21-5-1-18(2-6-21)16-29-27(36)34-13-11-32(12-14-34)25-24-22(30-17-31-25)15-23(37-24)19-7-9-33(10-8-19)26(35)20-3-4-20/h1-2,5-6,15,17,19-20H,3-4,7-14,16H2,(H,29,36). The van der Waals surface area contributed by atoms with Crippen LogP contribution in [0.5, 0.6) is 0 Å². The van der Waals surface area contributed by atoms with Crippen molar-refractivity contribution >= 4 is 39.3 Å². The van der Waals surface area contributed by atoms with E-state index in [1.165, 1.54) is 17.0 Å². The number of rotatable bonds is 5. The molecular formula is C27H31FN6O2S. The molecule has 3 fully saturated rings. The number of piperidine rings is 1. The largest absolute Gasteiger partial charge is 0.352 e. The van der Waals surface area contributed by atoms with Crippen LogP contribution in [-0.2, 0) is 11.3 Å².